The molecule has 2 heterocycles. The Hall–Kier alpha value is -2.77. The van der Waals surface area contributed by atoms with Gasteiger partial charge in [-0.25, -0.2) is 0 Å². The summed E-state index contributed by atoms with van der Waals surface area (Å²) < 4.78 is 0. The zero-order valence-electron chi connectivity index (χ0n) is 14.4. The molecule has 1 aliphatic heterocycles. The molecule has 0 saturated carbocycles. The van der Waals surface area contributed by atoms with Gasteiger partial charge in [0, 0.05) is 25.4 Å². The zero-order valence-corrected chi connectivity index (χ0v) is 14.4. The van der Waals surface area contributed by atoms with Crippen molar-refractivity contribution in [2.75, 3.05) is 18.6 Å². The van der Waals surface area contributed by atoms with Crippen LogP contribution in [0.4, 0.5) is 5.69 Å². The molecule has 0 spiro atoms. The van der Waals surface area contributed by atoms with Crippen LogP contribution in [-0.2, 0) is 9.59 Å². The van der Waals surface area contributed by atoms with Gasteiger partial charge in [0.05, 0.1) is 24.3 Å². The van der Waals surface area contributed by atoms with Crippen molar-refractivity contribution in [2.24, 2.45) is 0 Å². The van der Waals surface area contributed by atoms with Gasteiger partial charge in [-0.3, -0.25) is 14.6 Å². The van der Waals surface area contributed by atoms with Crippen LogP contribution in [0.15, 0.2) is 48.7 Å². The van der Waals surface area contributed by atoms with Crippen LogP contribution in [0.1, 0.15) is 29.7 Å². The fourth-order valence-electron chi connectivity index (χ4n) is 3.14. The number of nitrogens with one attached hydrogen (secondary N) is 1. The molecule has 3 atom stereocenters. The molecule has 0 bridgehead atoms. The number of rotatable bonds is 5. The molecule has 0 aliphatic carbocycles. The number of carbonyl (C=O) groups is 2. The monoisotopic (exact) mass is 355 g/mol. The number of fused-ring (bicyclic) bond motifs is 1. The second-order valence-electron chi connectivity index (χ2n) is 6.27. The number of benzene rings is 1. The molecule has 0 fully saturated rings. The summed E-state index contributed by atoms with van der Waals surface area (Å²) in [4.78, 5) is 30.6. The lowest BCUT2D eigenvalue weighted by Gasteiger charge is -2.32. The van der Waals surface area contributed by atoms with Gasteiger partial charge in [-0.05, 0) is 23.8 Å². The summed E-state index contributed by atoms with van der Waals surface area (Å²) in [6.07, 6.45) is 0.417. The summed E-state index contributed by atoms with van der Waals surface area (Å²) in [5.74, 6) is -1.23. The van der Waals surface area contributed by atoms with Crippen LogP contribution in [0, 0.1) is 0 Å². The van der Waals surface area contributed by atoms with Gasteiger partial charge in [-0.2, -0.15) is 0 Å². The summed E-state index contributed by atoms with van der Waals surface area (Å²) >= 11 is 0. The topological polar surface area (TPSA) is 103 Å². The minimum absolute atomic E-state index is 0.0389. The maximum atomic E-state index is 12.8. The van der Waals surface area contributed by atoms with E-state index in [1.165, 1.54) is 11.1 Å². The lowest BCUT2D eigenvalue weighted by atomic mass is 9.88. The molecule has 1 aliphatic rings. The van der Waals surface area contributed by atoms with Gasteiger partial charge >= 0.3 is 0 Å². The minimum Gasteiger partial charge on any atom is -0.394 e. The number of para-hydroxylation sites is 1. The van der Waals surface area contributed by atoms with Gasteiger partial charge < -0.3 is 20.4 Å². The number of nitrogens with zero attached hydrogens (tertiary/aromatic N) is 2. The normalized spacial score (nSPS) is 18.8. The van der Waals surface area contributed by atoms with Gasteiger partial charge in [-0.15, -0.1) is 0 Å². The van der Waals surface area contributed by atoms with Gasteiger partial charge in [0.2, 0.25) is 11.8 Å². The van der Waals surface area contributed by atoms with E-state index in [4.69, 9.17) is 0 Å². The highest BCUT2D eigenvalue weighted by atomic mass is 16.3. The molecular weight excluding hydrogens is 334 g/mol. The van der Waals surface area contributed by atoms with E-state index in [2.05, 4.69) is 10.3 Å². The Morgan fingerprint density at radius 3 is 2.73 bits per heavy atom. The van der Waals surface area contributed by atoms with Crippen molar-refractivity contribution in [3.8, 4) is 0 Å². The summed E-state index contributed by atoms with van der Waals surface area (Å²) in [5.41, 5.74) is 1.79. The lowest BCUT2D eigenvalue weighted by molar-refractivity contribution is -0.128. The second kappa shape index (κ2) is 7.63. The van der Waals surface area contributed by atoms with Gasteiger partial charge in [0.15, 0.2) is 0 Å². The molecule has 0 saturated heterocycles. The van der Waals surface area contributed by atoms with Gasteiger partial charge in [0.25, 0.3) is 0 Å². The van der Waals surface area contributed by atoms with E-state index in [0.717, 1.165) is 5.56 Å². The average Bonchev–Trinajstić information content (AvgIpc) is 2.68. The maximum absolute atomic E-state index is 12.8. The van der Waals surface area contributed by atoms with Crippen LogP contribution in [0.25, 0.3) is 0 Å². The minimum atomic E-state index is -1.15. The molecule has 3 unspecified atom stereocenters. The fourth-order valence-corrected chi connectivity index (χ4v) is 3.14. The van der Waals surface area contributed by atoms with Gasteiger partial charge in [-0.1, -0.05) is 24.3 Å². The molecule has 3 N–H and O–H groups in total. The molecular formula is C19H21N3O4. The lowest BCUT2D eigenvalue weighted by Crippen LogP contribution is -2.46. The molecule has 7 nitrogen and oxygen atoms in total. The van der Waals surface area contributed by atoms with Crippen LogP contribution in [-0.4, -0.2) is 46.7 Å². The molecule has 1 aromatic heterocycles. The predicted molar refractivity (Wildman–Crippen MR) is 95.4 cm³/mol. The van der Waals surface area contributed by atoms with Crippen LogP contribution < -0.4 is 10.2 Å². The largest absolute Gasteiger partial charge is 0.394 e. The van der Waals surface area contributed by atoms with Crippen molar-refractivity contribution >= 4 is 17.5 Å². The van der Waals surface area contributed by atoms with E-state index in [-0.39, 0.29) is 12.3 Å². The Labute approximate surface area is 151 Å². The first-order chi connectivity index (χ1) is 12.5. The smallest absolute Gasteiger partial charge is 0.228 e. The predicted octanol–water partition coefficient (Wildman–Crippen LogP) is 0.742. The van der Waals surface area contributed by atoms with Gasteiger partial charge in [0.1, 0.15) is 6.10 Å². The molecule has 7 heteroatoms. The third-order valence-electron chi connectivity index (χ3n) is 4.64. The molecule has 2 aromatic rings. The third-order valence-corrected chi connectivity index (χ3v) is 4.64. The highest BCUT2D eigenvalue weighted by molar-refractivity contribution is 6.02. The van der Waals surface area contributed by atoms with Crippen LogP contribution in [0.2, 0.25) is 0 Å². The maximum Gasteiger partial charge on any atom is 0.228 e. The number of pyridine rings is 1. The van der Waals surface area contributed by atoms with E-state index < -0.39 is 30.6 Å². The van der Waals surface area contributed by atoms with Crippen molar-refractivity contribution < 1.29 is 19.8 Å². The van der Waals surface area contributed by atoms with Crippen molar-refractivity contribution in [1.29, 1.82) is 0 Å². The molecule has 1 aromatic carbocycles. The summed E-state index contributed by atoms with van der Waals surface area (Å²) in [6, 6.07) is 11.4. The standard InChI is InChI=1S/C19H21N3O4/c1-22-16-8-3-2-6-12(16)13(10-17(22)24)19(26)21-15(11-23)18(25)14-7-4-5-9-20-14/h2-9,13,15,18,23,25H,10-11H2,1H3,(H,21,26). The van der Waals surface area contributed by atoms with E-state index >= 15 is 0 Å². The second-order valence-corrected chi connectivity index (χ2v) is 6.27. The van der Waals surface area contributed by atoms with E-state index in [1.807, 2.05) is 18.2 Å². The third kappa shape index (κ3) is 3.44. The first kappa shape index (κ1) is 18.0. The zero-order chi connectivity index (χ0) is 18.7. The van der Waals surface area contributed by atoms with E-state index in [9.17, 15) is 19.8 Å². The first-order valence-corrected chi connectivity index (χ1v) is 8.38. The summed E-state index contributed by atoms with van der Waals surface area (Å²) in [7, 11) is 1.68. The number of aliphatic hydroxyl groups excluding tert-OH is 2. The number of anilines is 1. The number of carbonyl (C=O) groups excluding carboxylic acids is 2. The molecule has 26 heavy (non-hydrogen) atoms. The van der Waals surface area contributed by atoms with Crippen LogP contribution in [0.5, 0.6) is 0 Å². The number of aliphatic hydroxyl groups is 2. The Bertz CT molecular complexity index is 796. The van der Waals surface area contributed by atoms with E-state index in [0.29, 0.717) is 11.4 Å². The van der Waals surface area contributed by atoms with Crippen molar-refractivity contribution in [3.05, 3.63) is 59.9 Å². The van der Waals surface area contributed by atoms with Crippen molar-refractivity contribution in [1.82, 2.24) is 10.3 Å². The van der Waals surface area contributed by atoms with Crippen molar-refractivity contribution in [3.63, 3.8) is 0 Å². The molecule has 136 valence electrons. The Kier molecular flexibility index (Phi) is 5.29. The molecule has 0 radical (unpaired) electrons. The van der Waals surface area contributed by atoms with Crippen LogP contribution in [0.3, 0.4) is 0 Å². The number of hydrogen-bond acceptors (Lipinski definition) is 5. The summed E-state index contributed by atoms with van der Waals surface area (Å²) in [6.45, 7) is -0.453. The van der Waals surface area contributed by atoms with Crippen LogP contribution >= 0.6 is 0 Å². The fraction of sp³-hybridized carbons (Fsp3) is 0.316. The number of amides is 2. The molecule has 2 amide bonds. The highest BCUT2D eigenvalue weighted by Crippen LogP contribution is 2.35. The molecule has 3 rings (SSSR count). The highest BCUT2D eigenvalue weighted by Gasteiger charge is 2.35. The Balaban J connectivity index is 1.80. The number of aromatic nitrogens is 1. The average molecular weight is 355 g/mol. The Morgan fingerprint density at radius 2 is 2.04 bits per heavy atom. The quantitative estimate of drug-likeness (QED) is 0.734. The summed E-state index contributed by atoms with van der Waals surface area (Å²) in [5, 5.41) is 22.7. The first-order valence-electron chi connectivity index (χ1n) is 8.38. The van der Waals surface area contributed by atoms with Crippen molar-refractivity contribution in [2.45, 2.75) is 24.5 Å². The SMILES string of the molecule is CN1C(=O)CC(C(=O)NC(CO)C(O)c2ccccn2)c2ccccc21. The number of hydrogen-bond donors (Lipinski definition) is 3. The Morgan fingerprint density at radius 1 is 1.31 bits per heavy atom. The van der Waals surface area contributed by atoms with E-state index in [1.54, 1.807) is 31.3 Å².